The second-order valence-electron chi connectivity index (χ2n) is 7.61. The van der Waals surface area contributed by atoms with Gasteiger partial charge in [-0.3, -0.25) is 4.79 Å². The molecule has 0 saturated carbocycles. The summed E-state index contributed by atoms with van der Waals surface area (Å²) in [6.07, 6.45) is 1.15. The molecule has 1 fully saturated rings. The van der Waals surface area contributed by atoms with Crippen molar-refractivity contribution in [3.63, 3.8) is 0 Å². The number of carbonyl (C=O) groups excluding carboxylic acids is 2. The molecular formula is C20H27N3O5. The molecule has 0 aromatic heterocycles. The first-order valence-electron chi connectivity index (χ1n) is 9.13. The number of hydrogen-bond acceptors (Lipinski definition) is 6. The Morgan fingerprint density at radius 2 is 1.82 bits per heavy atom. The normalized spacial score (nSPS) is 16.7. The van der Waals surface area contributed by atoms with Gasteiger partial charge in [0.1, 0.15) is 28.7 Å². The molecular weight excluding hydrogens is 362 g/mol. The lowest BCUT2D eigenvalue weighted by Gasteiger charge is -2.34. The predicted octanol–water partition coefficient (Wildman–Crippen LogP) is 2.70. The molecule has 0 bridgehead atoms. The average Bonchev–Trinajstić information content (AvgIpc) is 2.65. The van der Waals surface area contributed by atoms with Crippen molar-refractivity contribution in [3.8, 4) is 17.6 Å². The van der Waals surface area contributed by atoms with E-state index in [1.165, 1.54) is 26.4 Å². The highest BCUT2D eigenvalue weighted by atomic mass is 16.6. The fourth-order valence-corrected chi connectivity index (χ4v) is 3.01. The van der Waals surface area contributed by atoms with Gasteiger partial charge in [-0.1, -0.05) is 0 Å². The maximum atomic E-state index is 12.7. The second kappa shape index (κ2) is 8.83. The predicted molar refractivity (Wildman–Crippen MR) is 103 cm³/mol. The Hall–Kier alpha value is -2.95. The molecule has 1 aliphatic rings. The molecule has 8 nitrogen and oxygen atoms in total. The Kier molecular flexibility index (Phi) is 6.73. The quantitative estimate of drug-likeness (QED) is 0.850. The fourth-order valence-electron chi connectivity index (χ4n) is 3.01. The molecule has 1 atom stereocenters. The van der Waals surface area contributed by atoms with E-state index in [1.54, 1.807) is 4.90 Å². The summed E-state index contributed by atoms with van der Waals surface area (Å²) in [7, 11) is 2.86. The van der Waals surface area contributed by atoms with Crippen LogP contribution in [0.4, 0.5) is 4.79 Å². The van der Waals surface area contributed by atoms with Crippen LogP contribution in [0, 0.1) is 11.3 Å². The summed E-state index contributed by atoms with van der Waals surface area (Å²) in [5, 5.41) is 12.2. The van der Waals surface area contributed by atoms with Crippen molar-refractivity contribution in [2.75, 3.05) is 27.3 Å². The van der Waals surface area contributed by atoms with Crippen LogP contribution in [-0.4, -0.2) is 55.9 Å². The number of piperidine rings is 1. The molecule has 1 heterocycles. The van der Waals surface area contributed by atoms with E-state index < -0.39 is 5.60 Å². The standard InChI is InChI=1S/C20H27N3O5/c1-20(2,3)28-19(25)23-8-6-7-14(12-23)22-18(24)13-9-16(26-4)15(11-21)17(10-13)27-5/h9-10,14H,6-8,12H2,1-5H3,(H,22,24). The topological polar surface area (TPSA) is 101 Å². The molecule has 8 heteroatoms. The Morgan fingerprint density at radius 3 is 2.32 bits per heavy atom. The molecule has 0 spiro atoms. The van der Waals surface area contributed by atoms with Gasteiger partial charge in [-0.05, 0) is 45.7 Å². The highest BCUT2D eigenvalue weighted by molar-refractivity contribution is 5.95. The number of nitrogens with one attached hydrogen (secondary N) is 1. The minimum atomic E-state index is -0.567. The van der Waals surface area contributed by atoms with Gasteiger partial charge in [0.2, 0.25) is 0 Å². The molecule has 0 aliphatic carbocycles. The van der Waals surface area contributed by atoms with Gasteiger partial charge in [-0.15, -0.1) is 0 Å². The largest absolute Gasteiger partial charge is 0.495 e. The van der Waals surface area contributed by atoms with Gasteiger partial charge in [-0.2, -0.15) is 5.26 Å². The van der Waals surface area contributed by atoms with Crippen molar-refractivity contribution in [1.82, 2.24) is 10.2 Å². The number of likely N-dealkylation sites (tertiary alicyclic amines) is 1. The summed E-state index contributed by atoms with van der Waals surface area (Å²) < 4.78 is 15.8. The van der Waals surface area contributed by atoms with E-state index in [-0.39, 0.29) is 35.1 Å². The number of nitriles is 1. The Balaban J connectivity index is 2.10. The van der Waals surface area contributed by atoms with Gasteiger partial charge in [0, 0.05) is 24.7 Å². The van der Waals surface area contributed by atoms with E-state index in [2.05, 4.69) is 5.32 Å². The first-order chi connectivity index (χ1) is 13.2. The van der Waals surface area contributed by atoms with Gasteiger partial charge >= 0.3 is 6.09 Å². The van der Waals surface area contributed by atoms with Gasteiger partial charge < -0.3 is 24.4 Å². The molecule has 1 unspecified atom stereocenters. The van der Waals surface area contributed by atoms with Gasteiger partial charge in [0.15, 0.2) is 0 Å². The Labute approximate surface area is 165 Å². The Bertz CT molecular complexity index is 754. The molecule has 1 aromatic rings. The maximum Gasteiger partial charge on any atom is 0.410 e. The number of amides is 2. The van der Waals surface area contributed by atoms with Crippen LogP contribution < -0.4 is 14.8 Å². The summed E-state index contributed by atoms with van der Waals surface area (Å²) in [6, 6.07) is 4.83. The summed E-state index contributed by atoms with van der Waals surface area (Å²) in [6.45, 7) is 6.43. The molecule has 1 N–H and O–H groups in total. The van der Waals surface area contributed by atoms with E-state index in [9.17, 15) is 14.9 Å². The van der Waals surface area contributed by atoms with Gasteiger partial charge in [0.05, 0.1) is 14.2 Å². The van der Waals surface area contributed by atoms with E-state index in [0.29, 0.717) is 18.7 Å². The van der Waals surface area contributed by atoms with Crippen LogP contribution in [0.25, 0.3) is 0 Å². The van der Waals surface area contributed by atoms with Crippen molar-refractivity contribution in [1.29, 1.82) is 5.26 Å². The zero-order chi connectivity index (χ0) is 20.9. The van der Waals surface area contributed by atoms with E-state index in [4.69, 9.17) is 14.2 Å². The number of hydrogen-bond donors (Lipinski definition) is 1. The van der Waals surface area contributed by atoms with Gasteiger partial charge in [-0.25, -0.2) is 4.79 Å². The third kappa shape index (κ3) is 5.28. The summed E-state index contributed by atoms with van der Waals surface area (Å²) in [5.74, 6) is 0.217. The molecule has 1 aromatic carbocycles. The van der Waals surface area contributed by atoms with Crippen LogP contribution in [0.1, 0.15) is 49.5 Å². The SMILES string of the molecule is COc1cc(C(=O)NC2CCCN(C(=O)OC(C)(C)C)C2)cc(OC)c1C#N. The van der Waals surface area contributed by atoms with E-state index in [0.717, 1.165) is 12.8 Å². The number of ether oxygens (including phenoxy) is 3. The molecule has 2 rings (SSSR count). The van der Waals surface area contributed by atoms with Crippen molar-refractivity contribution in [3.05, 3.63) is 23.3 Å². The number of carbonyl (C=O) groups is 2. The van der Waals surface area contributed by atoms with E-state index in [1.807, 2.05) is 26.8 Å². The monoisotopic (exact) mass is 389 g/mol. The lowest BCUT2D eigenvalue weighted by Crippen LogP contribution is -2.50. The smallest absolute Gasteiger partial charge is 0.410 e. The van der Waals surface area contributed by atoms with E-state index >= 15 is 0 Å². The molecule has 1 aliphatic heterocycles. The zero-order valence-electron chi connectivity index (χ0n) is 17.0. The van der Waals surface area contributed by atoms with Crippen molar-refractivity contribution < 1.29 is 23.8 Å². The molecule has 152 valence electrons. The van der Waals surface area contributed by atoms with Crippen LogP contribution >= 0.6 is 0 Å². The summed E-state index contributed by atoms with van der Waals surface area (Å²) in [4.78, 5) is 26.6. The lowest BCUT2D eigenvalue weighted by atomic mass is 10.0. The molecule has 2 amide bonds. The van der Waals surface area contributed by atoms with Crippen LogP contribution in [0.2, 0.25) is 0 Å². The molecule has 1 saturated heterocycles. The van der Waals surface area contributed by atoms with Crippen LogP contribution in [-0.2, 0) is 4.74 Å². The third-order valence-corrected chi connectivity index (χ3v) is 4.29. The fraction of sp³-hybridized carbons (Fsp3) is 0.550. The zero-order valence-corrected chi connectivity index (χ0v) is 17.0. The first-order valence-corrected chi connectivity index (χ1v) is 9.13. The number of benzene rings is 1. The third-order valence-electron chi connectivity index (χ3n) is 4.29. The highest BCUT2D eigenvalue weighted by Crippen LogP contribution is 2.29. The van der Waals surface area contributed by atoms with Crippen LogP contribution in [0.3, 0.4) is 0 Å². The summed E-state index contributed by atoms with van der Waals surface area (Å²) in [5.41, 5.74) is -0.0134. The van der Waals surface area contributed by atoms with Crippen molar-refractivity contribution >= 4 is 12.0 Å². The molecule has 28 heavy (non-hydrogen) atoms. The lowest BCUT2D eigenvalue weighted by molar-refractivity contribution is 0.0185. The number of methoxy groups -OCH3 is 2. The van der Waals surface area contributed by atoms with Crippen LogP contribution in [0.15, 0.2) is 12.1 Å². The maximum absolute atomic E-state index is 12.7. The number of nitrogens with zero attached hydrogens (tertiary/aromatic N) is 2. The van der Waals surface area contributed by atoms with Crippen molar-refractivity contribution in [2.24, 2.45) is 0 Å². The highest BCUT2D eigenvalue weighted by Gasteiger charge is 2.29. The molecule has 0 radical (unpaired) electrons. The average molecular weight is 389 g/mol. The Morgan fingerprint density at radius 1 is 1.21 bits per heavy atom. The van der Waals surface area contributed by atoms with Crippen LogP contribution in [0.5, 0.6) is 11.5 Å². The number of rotatable bonds is 4. The second-order valence-corrected chi connectivity index (χ2v) is 7.61. The van der Waals surface area contributed by atoms with Gasteiger partial charge in [0.25, 0.3) is 5.91 Å². The summed E-state index contributed by atoms with van der Waals surface area (Å²) >= 11 is 0. The minimum absolute atomic E-state index is 0.193. The minimum Gasteiger partial charge on any atom is -0.495 e. The first kappa shape index (κ1) is 21.4. The van der Waals surface area contributed by atoms with Crippen molar-refractivity contribution in [2.45, 2.75) is 45.3 Å².